The first-order valence-corrected chi connectivity index (χ1v) is 8.75. The molecule has 0 spiro atoms. The molecular formula is C16H30N4. The molecule has 2 unspecified atom stereocenters. The van der Waals surface area contributed by atoms with E-state index in [0.29, 0.717) is 6.04 Å². The maximum atomic E-state index is 6.04. The minimum atomic E-state index is 0.464. The second-order valence-electron chi connectivity index (χ2n) is 7.52. The van der Waals surface area contributed by atoms with E-state index in [9.17, 15) is 0 Å². The van der Waals surface area contributed by atoms with Crippen molar-refractivity contribution in [1.29, 1.82) is 0 Å². The SMILES string of the molecule is NC1CCN(C2CCN(C3CN4CCC3CC4)C2)CC1. The third-order valence-corrected chi connectivity index (χ3v) is 6.38. The monoisotopic (exact) mass is 278 g/mol. The van der Waals surface area contributed by atoms with E-state index >= 15 is 0 Å². The van der Waals surface area contributed by atoms with Gasteiger partial charge in [-0.2, -0.15) is 0 Å². The zero-order chi connectivity index (χ0) is 13.5. The average molecular weight is 278 g/mol. The van der Waals surface area contributed by atoms with Crippen LogP contribution < -0.4 is 5.73 Å². The number of nitrogens with two attached hydrogens (primary N) is 1. The Morgan fingerprint density at radius 3 is 2.05 bits per heavy atom. The van der Waals surface area contributed by atoms with Crippen LogP contribution in [0.2, 0.25) is 0 Å². The molecule has 0 saturated carbocycles. The molecule has 4 heteroatoms. The summed E-state index contributed by atoms with van der Waals surface area (Å²) in [6, 6.07) is 2.15. The van der Waals surface area contributed by atoms with Crippen molar-refractivity contribution in [2.75, 3.05) is 45.8 Å². The minimum absolute atomic E-state index is 0.464. The molecule has 5 aliphatic heterocycles. The molecule has 20 heavy (non-hydrogen) atoms. The fourth-order valence-corrected chi connectivity index (χ4v) is 5.00. The maximum Gasteiger partial charge on any atom is 0.0253 e. The highest BCUT2D eigenvalue weighted by molar-refractivity contribution is 4.97. The standard InChI is InChI=1S/C16H30N4/c17-14-3-8-19(9-4-14)15-5-10-20(11-15)16-12-18-6-1-13(16)2-7-18/h13-16H,1-12,17H2. The van der Waals surface area contributed by atoms with Gasteiger partial charge in [-0.15, -0.1) is 0 Å². The van der Waals surface area contributed by atoms with Gasteiger partial charge in [-0.05, 0) is 64.2 Å². The van der Waals surface area contributed by atoms with E-state index in [0.717, 1.165) is 18.0 Å². The summed E-state index contributed by atoms with van der Waals surface area (Å²) >= 11 is 0. The molecule has 114 valence electrons. The van der Waals surface area contributed by atoms with Gasteiger partial charge in [0.25, 0.3) is 0 Å². The number of likely N-dealkylation sites (tertiary alicyclic amines) is 2. The molecule has 2 N–H and O–H groups in total. The zero-order valence-corrected chi connectivity index (χ0v) is 12.7. The molecule has 5 heterocycles. The fourth-order valence-electron chi connectivity index (χ4n) is 5.00. The second kappa shape index (κ2) is 5.56. The molecule has 0 aliphatic carbocycles. The van der Waals surface area contributed by atoms with Gasteiger partial charge in [0.2, 0.25) is 0 Å². The van der Waals surface area contributed by atoms with Crippen molar-refractivity contribution in [2.45, 2.75) is 50.2 Å². The van der Waals surface area contributed by atoms with Crippen LogP contribution in [0.3, 0.4) is 0 Å². The second-order valence-corrected chi connectivity index (χ2v) is 7.52. The van der Waals surface area contributed by atoms with Gasteiger partial charge in [-0.1, -0.05) is 0 Å². The predicted octanol–water partition coefficient (Wildman–Crippen LogP) is 0.578. The van der Waals surface area contributed by atoms with Crippen LogP contribution in [-0.4, -0.2) is 78.6 Å². The number of hydrogen-bond acceptors (Lipinski definition) is 4. The maximum absolute atomic E-state index is 6.04. The first-order chi connectivity index (χ1) is 9.79. The van der Waals surface area contributed by atoms with Crippen molar-refractivity contribution in [2.24, 2.45) is 11.7 Å². The largest absolute Gasteiger partial charge is 0.328 e. The van der Waals surface area contributed by atoms with Gasteiger partial charge >= 0.3 is 0 Å². The van der Waals surface area contributed by atoms with Crippen LogP contribution in [0.1, 0.15) is 32.1 Å². The molecule has 5 saturated heterocycles. The lowest BCUT2D eigenvalue weighted by Crippen LogP contribution is -2.57. The van der Waals surface area contributed by atoms with E-state index in [4.69, 9.17) is 5.73 Å². The highest BCUT2D eigenvalue weighted by Crippen LogP contribution is 2.33. The van der Waals surface area contributed by atoms with E-state index < -0.39 is 0 Å². The van der Waals surface area contributed by atoms with Crippen LogP contribution in [0.15, 0.2) is 0 Å². The van der Waals surface area contributed by atoms with Gasteiger partial charge in [-0.3, -0.25) is 9.80 Å². The molecule has 5 fully saturated rings. The van der Waals surface area contributed by atoms with E-state index in [2.05, 4.69) is 14.7 Å². The smallest absolute Gasteiger partial charge is 0.0253 e. The zero-order valence-electron chi connectivity index (χ0n) is 12.7. The van der Waals surface area contributed by atoms with Gasteiger partial charge in [-0.25, -0.2) is 0 Å². The average Bonchev–Trinajstić information content (AvgIpc) is 2.99. The lowest BCUT2D eigenvalue weighted by molar-refractivity contribution is 0.0118. The van der Waals surface area contributed by atoms with Gasteiger partial charge in [0, 0.05) is 37.8 Å². The fraction of sp³-hybridized carbons (Fsp3) is 1.00. The van der Waals surface area contributed by atoms with Gasteiger partial charge < -0.3 is 10.6 Å². The topological polar surface area (TPSA) is 35.7 Å². The normalized spacial score (nSPS) is 44.2. The van der Waals surface area contributed by atoms with Crippen LogP contribution in [0.5, 0.6) is 0 Å². The van der Waals surface area contributed by atoms with Crippen molar-refractivity contribution in [1.82, 2.24) is 14.7 Å². The number of piperidine rings is 4. The molecule has 0 aromatic heterocycles. The molecule has 5 rings (SSSR count). The molecule has 0 aromatic carbocycles. The third kappa shape index (κ3) is 2.52. The molecule has 4 nitrogen and oxygen atoms in total. The van der Waals surface area contributed by atoms with Gasteiger partial charge in [0.15, 0.2) is 0 Å². The first kappa shape index (κ1) is 13.5. The van der Waals surface area contributed by atoms with E-state index in [1.165, 1.54) is 77.9 Å². The summed E-state index contributed by atoms with van der Waals surface area (Å²) < 4.78 is 0. The third-order valence-electron chi connectivity index (χ3n) is 6.38. The Bertz CT molecular complexity index is 331. The van der Waals surface area contributed by atoms with Crippen molar-refractivity contribution in [3.05, 3.63) is 0 Å². The summed E-state index contributed by atoms with van der Waals surface area (Å²) in [4.78, 5) is 8.25. The van der Waals surface area contributed by atoms with Gasteiger partial charge in [0.1, 0.15) is 0 Å². The summed E-state index contributed by atoms with van der Waals surface area (Å²) in [5.74, 6) is 0.994. The van der Waals surface area contributed by atoms with E-state index in [1.54, 1.807) is 0 Å². The Kier molecular flexibility index (Phi) is 3.75. The summed E-state index contributed by atoms with van der Waals surface area (Å²) in [5, 5.41) is 0. The summed E-state index contributed by atoms with van der Waals surface area (Å²) in [7, 11) is 0. The van der Waals surface area contributed by atoms with Crippen LogP contribution in [0.25, 0.3) is 0 Å². The van der Waals surface area contributed by atoms with Crippen LogP contribution in [0.4, 0.5) is 0 Å². The molecule has 0 radical (unpaired) electrons. The molecule has 5 aliphatic rings. The highest BCUT2D eigenvalue weighted by Gasteiger charge is 2.40. The lowest BCUT2D eigenvalue weighted by atomic mass is 9.83. The van der Waals surface area contributed by atoms with Crippen LogP contribution in [-0.2, 0) is 0 Å². The molecule has 0 amide bonds. The summed E-state index contributed by atoms with van der Waals surface area (Å²) in [5.41, 5.74) is 6.04. The Balaban J connectivity index is 1.34. The number of rotatable bonds is 2. The van der Waals surface area contributed by atoms with Crippen LogP contribution in [0, 0.1) is 5.92 Å². The number of nitrogens with zero attached hydrogens (tertiary/aromatic N) is 3. The minimum Gasteiger partial charge on any atom is -0.328 e. The molecular weight excluding hydrogens is 248 g/mol. The predicted molar refractivity (Wildman–Crippen MR) is 81.7 cm³/mol. The number of fused-ring (bicyclic) bond motifs is 3. The van der Waals surface area contributed by atoms with Crippen molar-refractivity contribution >= 4 is 0 Å². The molecule has 0 aromatic rings. The van der Waals surface area contributed by atoms with Crippen molar-refractivity contribution in [3.8, 4) is 0 Å². The lowest BCUT2D eigenvalue weighted by Gasteiger charge is -2.48. The summed E-state index contributed by atoms with van der Waals surface area (Å²) in [6.07, 6.45) is 6.69. The highest BCUT2D eigenvalue weighted by atomic mass is 15.3. The molecule has 2 bridgehead atoms. The number of hydrogen-bond donors (Lipinski definition) is 1. The Morgan fingerprint density at radius 2 is 1.40 bits per heavy atom. The summed E-state index contributed by atoms with van der Waals surface area (Å²) in [6.45, 7) is 9.21. The Morgan fingerprint density at radius 1 is 0.700 bits per heavy atom. The molecule has 2 atom stereocenters. The quantitative estimate of drug-likeness (QED) is 0.801. The van der Waals surface area contributed by atoms with E-state index in [-0.39, 0.29) is 0 Å². The van der Waals surface area contributed by atoms with Crippen LogP contribution >= 0.6 is 0 Å². The van der Waals surface area contributed by atoms with E-state index in [1.807, 2.05) is 0 Å². The van der Waals surface area contributed by atoms with Gasteiger partial charge in [0.05, 0.1) is 0 Å². The first-order valence-electron chi connectivity index (χ1n) is 8.75. The Labute approximate surface area is 123 Å². The van der Waals surface area contributed by atoms with Crippen molar-refractivity contribution < 1.29 is 0 Å². The Hall–Kier alpha value is -0.160. The van der Waals surface area contributed by atoms with Crippen molar-refractivity contribution in [3.63, 3.8) is 0 Å².